The quantitative estimate of drug-likeness (QED) is 0.0337. The summed E-state index contributed by atoms with van der Waals surface area (Å²) < 4.78 is 21.3. The Morgan fingerprint density at radius 2 is 0.602 bits per heavy atom. The normalized spacial score (nSPS) is 21.2. The molecule has 17 heteroatoms. The first-order valence-electron chi connectivity index (χ1n) is 34.0. The fourth-order valence-corrected chi connectivity index (χ4v) is 26.1. The standard InChI is InChI=1S/2C18H33P.2C10H14Br2O4.C8H12.C7H6.2ClH.Ru/c2*1-4-10-16(11-5-1)19(17-12-6-2-7-13-17)18-14-8-3-9-15-18;2*1-7(11)9(13)15-5-3-4-6-16-10(14)8(2)12;1-2-4-6-8-7-5-3-1;1-7-5-3-2-4-6-7;;;/h2*16-18H,1-15H2;2*3-4,7-8H,5-6H2,1-2H3;1-2,7-8H,3-6H2;1-6H;2*1H;/q;;;;;;;;+2/b;;4-3+;4-3-;2-1-,8-7?;;;;. The molecule has 7 aliphatic rings. The minimum absolute atomic E-state index is 0.0465. The van der Waals surface area contributed by atoms with Gasteiger partial charge in [0.2, 0.25) is 0 Å². The molecule has 0 radical (unpaired) electrons. The number of allylic oxidation sites excluding steroid dienone is 4. The molecule has 0 bridgehead atoms. The average molecular weight is 1650 g/mol. The molecule has 4 unspecified atom stereocenters. The number of carbonyl (C=O) groups excluding carboxylic acids is 4. The van der Waals surface area contributed by atoms with Crippen LogP contribution < -0.4 is 0 Å². The van der Waals surface area contributed by atoms with Crippen molar-refractivity contribution in [2.24, 2.45) is 0 Å². The fraction of sp³-hybridized carbons (Fsp3) is 0.732. The van der Waals surface area contributed by atoms with Gasteiger partial charge in [-0.1, -0.05) is 127 Å². The second-order valence-electron chi connectivity index (χ2n) is 24.8. The Morgan fingerprint density at radius 3 is 0.784 bits per heavy atom. The zero-order valence-electron chi connectivity index (χ0n) is 54.1. The molecule has 8 nitrogen and oxygen atoms in total. The van der Waals surface area contributed by atoms with E-state index >= 15 is 0 Å². The summed E-state index contributed by atoms with van der Waals surface area (Å²) in [6.07, 6.45) is 68.1. The molecule has 0 N–H and O–H groups in total. The molecule has 0 aliphatic heterocycles. The number of alkyl halides is 4. The second kappa shape index (κ2) is 53.1. The van der Waals surface area contributed by atoms with Crippen LogP contribution in [-0.2, 0) is 51.6 Å². The van der Waals surface area contributed by atoms with Gasteiger partial charge in [-0.2, -0.15) is 0 Å². The molecule has 8 rings (SSSR count). The Hall–Kier alpha value is -0.0866. The third kappa shape index (κ3) is 39.1. The van der Waals surface area contributed by atoms with Crippen molar-refractivity contribution in [2.75, 3.05) is 26.4 Å². The first kappa shape index (κ1) is 82.1. The third-order valence-electron chi connectivity index (χ3n) is 17.7. The van der Waals surface area contributed by atoms with Crippen molar-refractivity contribution in [3.63, 3.8) is 0 Å². The molecular weight excluding hydrogens is 1530 g/mol. The number of ether oxygens (including phenoxy) is 4. The minimum atomic E-state index is -1.61. The van der Waals surface area contributed by atoms with Gasteiger partial charge >= 0.3 is 97.3 Å². The molecule has 0 saturated heterocycles. The monoisotopic (exact) mass is 1640 g/mol. The van der Waals surface area contributed by atoms with Gasteiger partial charge in [-0.3, -0.25) is 19.2 Å². The van der Waals surface area contributed by atoms with Gasteiger partial charge in [0.15, 0.2) is 0 Å². The molecule has 504 valence electrons. The van der Waals surface area contributed by atoms with Gasteiger partial charge in [-0.15, -0.1) is 0 Å². The summed E-state index contributed by atoms with van der Waals surface area (Å²) in [5.41, 5.74) is 8.48. The number of rotatable bonds is 19. The van der Waals surface area contributed by atoms with Crippen LogP contribution in [0.2, 0.25) is 0 Å². The molecule has 0 aromatic heterocycles. The summed E-state index contributed by atoms with van der Waals surface area (Å²) >= 11 is 10.7. The van der Waals surface area contributed by atoms with E-state index in [2.05, 4.69) is 88.0 Å². The summed E-state index contributed by atoms with van der Waals surface area (Å²) in [5.74, 6) is -1.29. The topological polar surface area (TPSA) is 105 Å². The molecule has 4 atom stereocenters. The fourth-order valence-electron chi connectivity index (χ4n) is 13.3. The number of benzene rings is 1. The van der Waals surface area contributed by atoms with E-state index in [1.807, 2.05) is 34.9 Å². The summed E-state index contributed by atoms with van der Waals surface area (Å²) in [5, 5.41) is 0. The van der Waals surface area contributed by atoms with Gasteiger partial charge < -0.3 is 18.9 Å². The van der Waals surface area contributed by atoms with Crippen molar-refractivity contribution in [3.05, 3.63) is 84.5 Å². The molecule has 1 aromatic rings. The number of halogens is 6. The molecule has 6 saturated carbocycles. The van der Waals surface area contributed by atoms with E-state index < -0.39 is 13.5 Å². The van der Waals surface area contributed by atoms with Crippen LogP contribution in [-0.4, -0.2) is 108 Å². The molecule has 0 heterocycles. The van der Waals surface area contributed by atoms with Crippen molar-refractivity contribution >= 4 is 127 Å². The Morgan fingerprint density at radius 1 is 0.398 bits per heavy atom. The van der Waals surface area contributed by atoms with Gasteiger partial charge in [-0.05, 0) is 232 Å². The van der Waals surface area contributed by atoms with Crippen LogP contribution in [0.4, 0.5) is 0 Å². The van der Waals surface area contributed by atoms with E-state index in [9.17, 15) is 19.2 Å². The Bertz CT molecular complexity index is 1860. The second-order valence-corrected chi connectivity index (χ2v) is 42.9. The average Bonchev–Trinajstić information content (AvgIpc) is 3.32. The Labute approximate surface area is 583 Å². The first-order chi connectivity index (χ1) is 42.6. The maximum absolute atomic E-state index is 11.0. The van der Waals surface area contributed by atoms with E-state index in [1.54, 1.807) is 245 Å². The van der Waals surface area contributed by atoms with Gasteiger partial charge in [0, 0.05) is 15.8 Å². The van der Waals surface area contributed by atoms with Crippen molar-refractivity contribution in [3.8, 4) is 0 Å². The molecular formula is C71H114Br4Cl2O8P2Ru+2. The van der Waals surface area contributed by atoms with Gasteiger partial charge in [0.1, 0.15) is 45.7 Å². The van der Waals surface area contributed by atoms with Crippen molar-refractivity contribution in [1.82, 2.24) is 0 Å². The van der Waals surface area contributed by atoms with Crippen LogP contribution in [0, 0.1) is 0 Å². The van der Waals surface area contributed by atoms with Gasteiger partial charge in [0.25, 0.3) is 0 Å². The Balaban J connectivity index is 0.000000282. The molecule has 1 aromatic carbocycles. The van der Waals surface area contributed by atoms with Crippen LogP contribution in [0.1, 0.15) is 252 Å². The predicted octanol–water partition coefficient (Wildman–Crippen LogP) is 22.2. The van der Waals surface area contributed by atoms with Crippen molar-refractivity contribution in [2.45, 2.75) is 299 Å². The third-order valence-corrected chi connectivity index (χ3v) is 30.2. The Kier molecular flexibility index (Phi) is 49.6. The van der Waals surface area contributed by atoms with Crippen LogP contribution in [0.15, 0.2) is 78.9 Å². The number of esters is 4. The summed E-state index contributed by atoms with van der Waals surface area (Å²) in [6.45, 7) is 7.45. The van der Waals surface area contributed by atoms with E-state index in [4.69, 9.17) is 38.3 Å². The summed E-state index contributed by atoms with van der Waals surface area (Å²) in [7, 11) is 11.2. The molecule has 0 amide bonds. The van der Waals surface area contributed by atoms with E-state index in [1.165, 1.54) is 59.6 Å². The van der Waals surface area contributed by atoms with Crippen LogP contribution in [0.25, 0.3) is 0 Å². The van der Waals surface area contributed by atoms with Crippen LogP contribution >= 0.6 is 98.9 Å². The van der Waals surface area contributed by atoms with E-state index in [0.717, 1.165) is 5.56 Å². The van der Waals surface area contributed by atoms with E-state index in [-0.39, 0.29) is 85.5 Å². The zero-order chi connectivity index (χ0) is 64.0. The van der Waals surface area contributed by atoms with Crippen molar-refractivity contribution < 1.29 is 51.6 Å². The van der Waals surface area contributed by atoms with Crippen LogP contribution in [0.3, 0.4) is 0 Å². The molecule has 88 heavy (non-hydrogen) atoms. The van der Waals surface area contributed by atoms with E-state index in [0.29, 0.717) is 0 Å². The van der Waals surface area contributed by atoms with Gasteiger partial charge in [-0.25, -0.2) is 0 Å². The molecule has 0 spiro atoms. The SMILES string of the molecule is C1=CCC/C=C\CC1.C1CCC([PH+](C2CCCCC2)C2CCCCC2)CC1.C1CCC([PH+](C2CCCCC2)C2CCCCC2)CC1.CC(Br)C(=O)OC/C=C/COC(=O)C(C)Br.CC(Br)C(=O)OC/C=C\COC(=O)C(C)Br.[Cl][Ru]([Cl])=[CH]c1ccccc1. The predicted molar refractivity (Wildman–Crippen MR) is 394 cm³/mol. The summed E-state index contributed by atoms with van der Waals surface area (Å²) in [4.78, 5) is 42.7. The zero-order valence-corrected chi connectivity index (χ0v) is 65.7. The maximum atomic E-state index is 11.0. The number of hydrogen-bond donors (Lipinski definition) is 0. The molecule has 7 aliphatic carbocycles. The van der Waals surface area contributed by atoms with Crippen LogP contribution in [0.5, 0.6) is 0 Å². The van der Waals surface area contributed by atoms with Gasteiger partial charge in [0.05, 0.1) is 34.0 Å². The molecule has 6 fully saturated rings. The number of carbonyl (C=O) groups is 4. The first-order valence-corrected chi connectivity index (χ1v) is 46.6. The number of hydrogen-bond acceptors (Lipinski definition) is 8. The summed E-state index contributed by atoms with van der Waals surface area (Å²) in [6, 6.07) is 9.89. The van der Waals surface area contributed by atoms with Crippen molar-refractivity contribution in [1.29, 1.82) is 0 Å².